The molecule has 0 radical (unpaired) electrons. The van der Waals surface area contributed by atoms with Crippen molar-refractivity contribution in [1.82, 2.24) is 0 Å². The lowest BCUT2D eigenvalue weighted by molar-refractivity contribution is -0.120. The topological polar surface area (TPSA) is 59.9 Å². The highest BCUT2D eigenvalue weighted by Crippen LogP contribution is 2.18. The van der Waals surface area contributed by atoms with Crippen molar-refractivity contribution in [2.24, 2.45) is 5.16 Å². The molecule has 0 aliphatic carbocycles. The molecule has 0 aliphatic rings. The largest absolute Gasteiger partial charge is 0.434 e. The summed E-state index contributed by atoms with van der Waals surface area (Å²) in [6.07, 6.45) is 1.20. The van der Waals surface area contributed by atoms with Crippen LogP contribution < -0.4 is 10.1 Å². The van der Waals surface area contributed by atoms with Crippen molar-refractivity contribution in [1.29, 1.82) is 0 Å². The van der Waals surface area contributed by atoms with E-state index in [1.54, 1.807) is 24.3 Å². The Morgan fingerprint density at radius 3 is 2.79 bits per heavy atom. The fraction of sp³-hybridized carbons (Fsp3) is 0.125. The van der Waals surface area contributed by atoms with E-state index in [1.165, 1.54) is 18.3 Å². The van der Waals surface area contributed by atoms with Crippen LogP contribution in [0.15, 0.2) is 53.7 Å². The van der Waals surface area contributed by atoms with Gasteiger partial charge in [0.25, 0.3) is 5.91 Å². The summed E-state index contributed by atoms with van der Waals surface area (Å²) in [7, 11) is 0. The third kappa shape index (κ3) is 6.11. The van der Waals surface area contributed by atoms with Crippen molar-refractivity contribution in [3.8, 4) is 5.75 Å². The first-order chi connectivity index (χ1) is 11.5. The lowest BCUT2D eigenvalue weighted by Crippen LogP contribution is -2.17. The van der Waals surface area contributed by atoms with E-state index in [-0.39, 0.29) is 18.3 Å². The van der Waals surface area contributed by atoms with E-state index in [1.807, 2.05) is 12.1 Å². The zero-order valence-corrected chi connectivity index (χ0v) is 14.4. The molecule has 1 amide bonds. The van der Waals surface area contributed by atoms with Crippen LogP contribution in [-0.4, -0.2) is 25.3 Å². The summed E-state index contributed by atoms with van der Waals surface area (Å²) in [5.41, 5.74) is 0.964. The summed E-state index contributed by atoms with van der Waals surface area (Å²) in [5, 5.41) is 6.25. The fourth-order valence-electron chi connectivity index (χ4n) is 1.74. The Morgan fingerprint density at radius 1 is 1.25 bits per heavy atom. The number of para-hydroxylation sites is 1. The molecule has 0 heterocycles. The molecule has 2 aromatic carbocycles. The van der Waals surface area contributed by atoms with Gasteiger partial charge in [-0.2, -0.15) is 8.78 Å². The maximum atomic E-state index is 12.3. The number of benzene rings is 2. The molecule has 0 aliphatic heterocycles. The zero-order chi connectivity index (χ0) is 17.4. The predicted octanol–water partition coefficient (Wildman–Crippen LogP) is 3.88. The SMILES string of the molecule is O=C(CO/N=C/c1ccccc1OC(F)F)Nc1cccc(I)c1. The number of nitrogens with one attached hydrogen (secondary N) is 1. The van der Waals surface area contributed by atoms with Gasteiger partial charge >= 0.3 is 6.61 Å². The van der Waals surface area contributed by atoms with Gasteiger partial charge in [0.2, 0.25) is 0 Å². The number of carbonyl (C=O) groups is 1. The van der Waals surface area contributed by atoms with Crippen LogP contribution in [0.25, 0.3) is 0 Å². The molecule has 0 aromatic heterocycles. The van der Waals surface area contributed by atoms with Crippen LogP contribution >= 0.6 is 22.6 Å². The molecule has 0 atom stereocenters. The summed E-state index contributed by atoms with van der Waals surface area (Å²) in [4.78, 5) is 16.6. The predicted molar refractivity (Wildman–Crippen MR) is 94.4 cm³/mol. The van der Waals surface area contributed by atoms with Gasteiger partial charge < -0.3 is 14.9 Å². The highest BCUT2D eigenvalue weighted by atomic mass is 127. The van der Waals surface area contributed by atoms with Crippen molar-refractivity contribution >= 4 is 40.4 Å². The van der Waals surface area contributed by atoms with E-state index >= 15 is 0 Å². The van der Waals surface area contributed by atoms with Gasteiger partial charge in [0.15, 0.2) is 6.61 Å². The maximum absolute atomic E-state index is 12.3. The molecule has 0 bridgehead atoms. The average Bonchev–Trinajstić information content (AvgIpc) is 2.52. The van der Waals surface area contributed by atoms with Gasteiger partial charge in [-0.05, 0) is 52.9 Å². The first kappa shape index (κ1) is 18.1. The second-order valence-electron chi connectivity index (χ2n) is 4.48. The van der Waals surface area contributed by atoms with E-state index in [0.717, 1.165) is 3.57 Å². The van der Waals surface area contributed by atoms with Crippen molar-refractivity contribution in [2.45, 2.75) is 6.61 Å². The molecule has 1 N–H and O–H groups in total. The van der Waals surface area contributed by atoms with E-state index in [4.69, 9.17) is 4.84 Å². The zero-order valence-electron chi connectivity index (χ0n) is 12.3. The molecular formula is C16H13F2IN2O3. The molecule has 0 saturated heterocycles. The monoisotopic (exact) mass is 446 g/mol. The van der Waals surface area contributed by atoms with E-state index in [9.17, 15) is 13.6 Å². The highest BCUT2D eigenvalue weighted by molar-refractivity contribution is 14.1. The Kier molecular flexibility index (Phi) is 6.91. The Bertz CT molecular complexity index is 726. The number of alkyl halides is 2. The fourth-order valence-corrected chi connectivity index (χ4v) is 2.29. The van der Waals surface area contributed by atoms with Crippen LogP contribution in [0.2, 0.25) is 0 Å². The van der Waals surface area contributed by atoms with Crippen LogP contribution in [0.4, 0.5) is 14.5 Å². The lowest BCUT2D eigenvalue weighted by atomic mass is 10.2. The molecule has 126 valence electrons. The van der Waals surface area contributed by atoms with Gasteiger partial charge in [0.05, 0.1) is 6.21 Å². The second kappa shape index (κ2) is 9.16. The van der Waals surface area contributed by atoms with Gasteiger partial charge in [-0.15, -0.1) is 0 Å². The summed E-state index contributed by atoms with van der Waals surface area (Å²) in [5.74, 6) is -0.408. The second-order valence-corrected chi connectivity index (χ2v) is 5.73. The number of rotatable bonds is 7. The van der Waals surface area contributed by atoms with Gasteiger partial charge in [-0.25, -0.2) is 0 Å². The number of ether oxygens (including phenoxy) is 1. The van der Waals surface area contributed by atoms with Crippen molar-refractivity contribution in [2.75, 3.05) is 11.9 Å². The van der Waals surface area contributed by atoms with Crippen LogP contribution in [-0.2, 0) is 9.63 Å². The van der Waals surface area contributed by atoms with Gasteiger partial charge in [0, 0.05) is 14.8 Å². The number of amides is 1. The maximum Gasteiger partial charge on any atom is 0.387 e. The Balaban J connectivity index is 1.85. The molecule has 5 nitrogen and oxygen atoms in total. The number of carbonyl (C=O) groups excluding carboxylic acids is 1. The number of hydrogen-bond donors (Lipinski definition) is 1. The first-order valence-corrected chi connectivity index (χ1v) is 7.87. The van der Waals surface area contributed by atoms with Gasteiger partial charge in [-0.3, -0.25) is 4.79 Å². The number of oxime groups is 1. The van der Waals surface area contributed by atoms with E-state index < -0.39 is 6.61 Å². The highest BCUT2D eigenvalue weighted by Gasteiger charge is 2.07. The minimum Gasteiger partial charge on any atom is -0.434 e. The molecule has 0 saturated carbocycles. The molecule has 24 heavy (non-hydrogen) atoms. The summed E-state index contributed by atoms with van der Waals surface area (Å²) >= 11 is 2.13. The van der Waals surface area contributed by atoms with Crippen LogP contribution in [0.5, 0.6) is 5.75 Å². The summed E-state index contributed by atoms with van der Waals surface area (Å²) in [6, 6.07) is 13.4. The third-order valence-corrected chi connectivity index (χ3v) is 3.38. The Morgan fingerprint density at radius 2 is 2.04 bits per heavy atom. The molecular weight excluding hydrogens is 433 g/mol. The molecule has 0 spiro atoms. The van der Waals surface area contributed by atoms with Crippen molar-refractivity contribution in [3.05, 3.63) is 57.7 Å². The normalized spacial score (nSPS) is 10.8. The van der Waals surface area contributed by atoms with Crippen molar-refractivity contribution in [3.63, 3.8) is 0 Å². The minimum atomic E-state index is -2.93. The smallest absolute Gasteiger partial charge is 0.387 e. The number of anilines is 1. The average molecular weight is 446 g/mol. The molecule has 0 fully saturated rings. The standard InChI is InChI=1S/C16H13F2IN2O3/c17-16(18)24-14-7-2-1-4-11(14)9-20-23-10-15(22)21-13-6-3-5-12(19)8-13/h1-9,16H,10H2,(H,21,22)/b20-9+. The number of nitrogens with zero attached hydrogens (tertiary/aromatic N) is 1. The number of hydrogen-bond acceptors (Lipinski definition) is 4. The molecule has 0 unspecified atom stereocenters. The van der Waals surface area contributed by atoms with Crippen LogP contribution in [0.3, 0.4) is 0 Å². The lowest BCUT2D eigenvalue weighted by Gasteiger charge is -2.07. The molecule has 2 aromatic rings. The van der Waals surface area contributed by atoms with Gasteiger partial charge in [-0.1, -0.05) is 23.4 Å². The van der Waals surface area contributed by atoms with Crippen LogP contribution in [0.1, 0.15) is 5.56 Å². The van der Waals surface area contributed by atoms with E-state index in [0.29, 0.717) is 11.3 Å². The third-order valence-electron chi connectivity index (χ3n) is 2.71. The molecule has 2 rings (SSSR count). The first-order valence-electron chi connectivity index (χ1n) is 6.79. The van der Waals surface area contributed by atoms with Gasteiger partial charge in [0.1, 0.15) is 5.75 Å². The summed E-state index contributed by atoms with van der Waals surface area (Å²) < 4.78 is 29.9. The quantitative estimate of drug-likeness (QED) is 0.399. The number of halogens is 3. The molecule has 8 heteroatoms. The minimum absolute atomic E-state index is 0.0248. The Hall–Kier alpha value is -2.23. The Labute approximate surface area is 150 Å². The van der Waals surface area contributed by atoms with E-state index in [2.05, 4.69) is 37.8 Å². The summed E-state index contributed by atoms with van der Waals surface area (Å²) in [6.45, 7) is -3.24. The van der Waals surface area contributed by atoms with Crippen LogP contribution in [0, 0.1) is 3.57 Å². The van der Waals surface area contributed by atoms with Crippen molar-refractivity contribution < 1.29 is 23.1 Å².